The second-order valence-corrected chi connectivity index (χ2v) is 10.4. The Morgan fingerprint density at radius 1 is 1.18 bits per heavy atom. The molecule has 0 aliphatic carbocycles. The number of rotatable bonds is 5. The summed E-state index contributed by atoms with van der Waals surface area (Å²) in [6.07, 6.45) is 2.31. The first-order valence-electron chi connectivity index (χ1n) is 10.6. The molecule has 11 nitrogen and oxygen atoms in total. The summed E-state index contributed by atoms with van der Waals surface area (Å²) in [5, 5.41) is 10.5. The van der Waals surface area contributed by atoms with Crippen molar-refractivity contribution in [2.45, 2.75) is 30.4 Å². The van der Waals surface area contributed by atoms with E-state index in [1.165, 1.54) is 18.3 Å². The zero-order valence-corrected chi connectivity index (χ0v) is 19.2. The van der Waals surface area contributed by atoms with Crippen LogP contribution in [-0.2, 0) is 9.84 Å². The van der Waals surface area contributed by atoms with Crippen LogP contribution in [0.25, 0.3) is 22.8 Å². The van der Waals surface area contributed by atoms with Gasteiger partial charge in [0.2, 0.25) is 0 Å². The lowest BCUT2D eigenvalue weighted by Gasteiger charge is -2.17. The van der Waals surface area contributed by atoms with Crippen LogP contribution in [0.2, 0.25) is 0 Å². The van der Waals surface area contributed by atoms with Crippen LogP contribution >= 0.6 is 0 Å². The number of nitrogens with one attached hydrogen (secondary N) is 1. The molecule has 0 saturated carbocycles. The molecule has 1 amide bonds. The summed E-state index contributed by atoms with van der Waals surface area (Å²) in [6.45, 7) is 5.97. The van der Waals surface area contributed by atoms with E-state index in [1.807, 2.05) is 0 Å². The van der Waals surface area contributed by atoms with E-state index in [-0.39, 0.29) is 38.4 Å². The number of nitrogens with two attached hydrogens (primary N) is 1. The Morgan fingerprint density at radius 3 is 2.67 bits per heavy atom. The van der Waals surface area contributed by atoms with E-state index in [2.05, 4.69) is 25.5 Å². The number of nitrogens with zero attached hydrogens (tertiary/aromatic N) is 5. The number of anilines is 1. The van der Waals surface area contributed by atoms with Gasteiger partial charge in [0.15, 0.2) is 21.3 Å². The van der Waals surface area contributed by atoms with Crippen molar-refractivity contribution in [1.82, 2.24) is 30.4 Å². The van der Waals surface area contributed by atoms with Crippen molar-refractivity contribution in [3.63, 3.8) is 0 Å². The third-order valence-electron chi connectivity index (χ3n) is 5.34. The molecule has 3 N–H and O–H groups in total. The van der Waals surface area contributed by atoms with Gasteiger partial charge < -0.3 is 20.4 Å². The van der Waals surface area contributed by atoms with E-state index in [1.54, 1.807) is 30.9 Å². The van der Waals surface area contributed by atoms with Gasteiger partial charge in [-0.15, -0.1) is 10.2 Å². The Hall–Kier alpha value is -3.38. The van der Waals surface area contributed by atoms with Gasteiger partial charge in [-0.1, -0.05) is 12.1 Å². The van der Waals surface area contributed by atoms with Gasteiger partial charge in [-0.25, -0.2) is 18.4 Å². The molecule has 1 aliphatic heterocycles. The smallest absolute Gasteiger partial charge is 0.311 e. The molecule has 1 aromatic carbocycles. The number of aromatic nitrogens is 4. The number of nitrogen functional groups attached to an aromatic ring is 1. The quantitative estimate of drug-likeness (QED) is 0.557. The van der Waals surface area contributed by atoms with Crippen LogP contribution in [0.1, 0.15) is 35.2 Å². The maximum Gasteiger partial charge on any atom is 0.311 e. The Kier molecular flexibility index (Phi) is 6.38. The molecule has 0 spiro atoms. The second kappa shape index (κ2) is 9.24. The van der Waals surface area contributed by atoms with E-state index in [0.29, 0.717) is 30.9 Å². The minimum Gasteiger partial charge on any atom is -0.410 e. The predicted molar refractivity (Wildman–Crippen MR) is 127 cm³/mol. The molecule has 0 bridgehead atoms. The topological polar surface area (TPSA) is 157 Å². The first-order chi connectivity index (χ1) is 15.8. The number of carbonyl (C=O) groups excluding carboxylic acids is 1. The summed E-state index contributed by atoms with van der Waals surface area (Å²) >= 11 is 0. The fourth-order valence-corrected chi connectivity index (χ4v) is 4.43. The van der Waals surface area contributed by atoms with Gasteiger partial charge in [-0.05, 0) is 38.9 Å². The first kappa shape index (κ1) is 22.8. The van der Waals surface area contributed by atoms with Crippen LogP contribution in [-0.4, -0.2) is 70.8 Å². The predicted octanol–water partition coefficient (Wildman–Crippen LogP) is 2.13. The Morgan fingerprint density at radius 2 is 1.94 bits per heavy atom. The van der Waals surface area contributed by atoms with E-state index in [0.717, 1.165) is 13.0 Å². The van der Waals surface area contributed by atoms with Gasteiger partial charge in [0, 0.05) is 29.5 Å². The van der Waals surface area contributed by atoms with Crippen molar-refractivity contribution >= 4 is 21.6 Å². The molecular weight excluding hydrogens is 446 g/mol. The SMILES string of the molecule is CC(C)S(=O)(=O)c1ccc(-c2cnc(N)c(-c3nnc(C(=O)N4CCCNCC4)o3)n2)cc1.[HH].[HH].[HH]. The van der Waals surface area contributed by atoms with Crippen molar-refractivity contribution < 1.29 is 21.9 Å². The molecule has 33 heavy (non-hydrogen) atoms. The van der Waals surface area contributed by atoms with Gasteiger partial charge in [-0.3, -0.25) is 4.79 Å². The Labute approximate surface area is 195 Å². The van der Waals surface area contributed by atoms with Crippen LogP contribution in [0.5, 0.6) is 0 Å². The van der Waals surface area contributed by atoms with Crippen molar-refractivity contribution in [3.05, 3.63) is 36.4 Å². The lowest BCUT2D eigenvalue weighted by atomic mass is 10.1. The Bertz CT molecular complexity index is 1260. The molecule has 1 aliphatic rings. The fraction of sp³-hybridized carbons (Fsp3) is 0.381. The van der Waals surface area contributed by atoms with Gasteiger partial charge >= 0.3 is 11.8 Å². The summed E-state index contributed by atoms with van der Waals surface area (Å²) < 4.78 is 30.3. The molecule has 12 heteroatoms. The first-order valence-corrected chi connectivity index (χ1v) is 12.1. The van der Waals surface area contributed by atoms with Gasteiger partial charge in [0.25, 0.3) is 5.89 Å². The highest BCUT2D eigenvalue weighted by Gasteiger charge is 2.25. The monoisotopic (exact) mass is 477 g/mol. The Balaban J connectivity index is 0.00000216. The third-order valence-corrected chi connectivity index (χ3v) is 7.51. The maximum absolute atomic E-state index is 12.7. The van der Waals surface area contributed by atoms with Crippen LogP contribution in [0.3, 0.4) is 0 Å². The average molecular weight is 478 g/mol. The number of benzene rings is 1. The lowest BCUT2D eigenvalue weighted by molar-refractivity contribution is 0.0727. The standard InChI is InChI=1S/C21H25N7O4S.3H2/c1-13(2)33(30,31)15-6-4-14(5-7-15)16-12-24-18(22)17(25-16)19-26-27-20(32-19)21(29)28-10-3-8-23-9-11-28;;;/h4-7,12-13,23H,3,8-11H2,1-2H3,(H2,22,24);3*1H. The molecule has 3 heterocycles. The highest BCUT2D eigenvalue weighted by atomic mass is 32.2. The molecule has 1 saturated heterocycles. The minimum absolute atomic E-state index is 0. The van der Waals surface area contributed by atoms with E-state index >= 15 is 0 Å². The molecule has 3 aromatic rings. The zero-order valence-electron chi connectivity index (χ0n) is 18.4. The molecule has 180 valence electrons. The van der Waals surface area contributed by atoms with Crippen molar-refractivity contribution in [1.29, 1.82) is 0 Å². The number of sulfone groups is 1. The highest BCUT2D eigenvalue weighted by Crippen LogP contribution is 2.27. The summed E-state index contributed by atoms with van der Waals surface area (Å²) in [4.78, 5) is 23.2. The number of carbonyl (C=O) groups is 1. The van der Waals surface area contributed by atoms with Crippen LogP contribution < -0.4 is 11.1 Å². The number of amides is 1. The molecule has 2 aromatic heterocycles. The highest BCUT2D eigenvalue weighted by molar-refractivity contribution is 7.92. The zero-order chi connectivity index (χ0) is 23.6. The number of hydrogen-bond acceptors (Lipinski definition) is 10. The van der Waals surface area contributed by atoms with E-state index < -0.39 is 15.1 Å². The second-order valence-electron chi connectivity index (χ2n) is 7.92. The number of hydrogen-bond donors (Lipinski definition) is 2. The molecule has 0 radical (unpaired) electrons. The van der Waals surface area contributed by atoms with Gasteiger partial charge in [-0.2, -0.15) is 0 Å². The lowest BCUT2D eigenvalue weighted by Crippen LogP contribution is -2.34. The van der Waals surface area contributed by atoms with Gasteiger partial charge in [0.1, 0.15) is 0 Å². The minimum atomic E-state index is -3.38. The van der Waals surface area contributed by atoms with Gasteiger partial charge in [0.05, 0.1) is 22.0 Å². The summed E-state index contributed by atoms with van der Waals surface area (Å²) in [7, 11) is -3.38. The maximum atomic E-state index is 12.7. The third kappa shape index (κ3) is 4.71. The van der Waals surface area contributed by atoms with Crippen molar-refractivity contribution in [2.75, 3.05) is 31.9 Å². The van der Waals surface area contributed by atoms with E-state index in [4.69, 9.17) is 10.2 Å². The summed E-state index contributed by atoms with van der Waals surface area (Å²) in [5.41, 5.74) is 7.21. The normalized spacial score (nSPS) is 14.9. The largest absolute Gasteiger partial charge is 0.410 e. The molecule has 4 rings (SSSR count). The summed E-state index contributed by atoms with van der Waals surface area (Å²) in [6, 6.07) is 6.36. The van der Waals surface area contributed by atoms with Crippen molar-refractivity contribution in [2.24, 2.45) is 0 Å². The summed E-state index contributed by atoms with van der Waals surface area (Å²) in [5.74, 6) is -0.430. The molecular formula is C21H31N7O4S. The molecule has 0 atom stereocenters. The molecule has 0 unspecified atom stereocenters. The molecule has 1 fully saturated rings. The van der Waals surface area contributed by atoms with Crippen LogP contribution in [0.4, 0.5) is 5.82 Å². The van der Waals surface area contributed by atoms with Crippen LogP contribution in [0.15, 0.2) is 39.8 Å². The fourth-order valence-electron chi connectivity index (χ4n) is 3.37. The average Bonchev–Trinajstić information content (AvgIpc) is 3.13. The van der Waals surface area contributed by atoms with Crippen LogP contribution in [0, 0.1) is 0 Å². The van der Waals surface area contributed by atoms with Crippen molar-refractivity contribution in [3.8, 4) is 22.8 Å². The van der Waals surface area contributed by atoms with E-state index in [9.17, 15) is 13.2 Å².